The third kappa shape index (κ3) is 4.33. The van der Waals surface area contributed by atoms with Crippen molar-refractivity contribution in [1.29, 1.82) is 0 Å². The van der Waals surface area contributed by atoms with Gasteiger partial charge in [0.2, 0.25) is 0 Å². The van der Waals surface area contributed by atoms with Crippen LogP contribution in [0.1, 0.15) is 31.7 Å². The Balaban J connectivity index is 2.20. The smallest absolute Gasteiger partial charge is 0.0386 e. The van der Waals surface area contributed by atoms with Crippen molar-refractivity contribution in [1.82, 2.24) is 10.2 Å². The summed E-state index contributed by atoms with van der Waals surface area (Å²) < 4.78 is 0. The van der Waals surface area contributed by atoms with Crippen molar-refractivity contribution in [3.8, 4) is 0 Å². The summed E-state index contributed by atoms with van der Waals surface area (Å²) in [4.78, 5) is 3.86. The van der Waals surface area contributed by atoms with E-state index in [1.165, 1.54) is 4.88 Å². The van der Waals surface area contributed by atoms with Gasteiger partial charge in [-0.05, 0) is 31.5 Å². The molecule has 0 bridgehead atoms. The minimum absolute atomic E-state index is 0.487. The molecule has 3 heteroatoms. The Morgan fingerprint density at radius 3 is 2.67 bits per heavy atom. The van der Waals surface area contributed by atoms with Crippen molar-refractivity contribution in [2.24, 2.45) is 0 Å². The molecular formula is C12H22N2S. The van der Waals surface area contributed by atoms with Gasteiger partial charge < -0.3 is 10.2 Å². The Kier molecular flexibility index (Phi) is 5.91. The van der Waals surface area contributed by atoms with Crippen LogP contribution in [0, 0.1) is 0 Å². The molecule has 0 amide bonds. The van der Waals surface area contributed by atoms with Gasteiger partial charge in [0.05, 0.1) is 0 Å². The maximum atomic E-state index is 3.55. The fourth-order valence-electron chi connectivity index (χ4n) is 1.62. The van der Waals surface area contributed by atoms with Gasteiger partial charge in [-0.1, -0.05) is 19.9 Å². The second-order valence-corrected chi connectivity index (χ2v) is 4.70. The van der Waals surface area contributed by atoms with Crippen LogP contribution in [0.3, 0.4) is 0 Å². The van der Waals surface area contributed by atoms with Crippen molar-refractivity contribution in [3.05, 3.63) is 22.4 Å². The van der Waals surface area contributed by atoms with Crippen LogP contribution in [-0.2, 0) is 0 Å². The lowest BCUT2D eigenvalue weighted by Crippen LogP contribution is -2.32. The van der Waals surface area contributed by atoms with Gasteiger partial charge in [-0.15, -0.1) is 11.3 Å². The fraction of sp³-hybridized carbons (Fsp3) is 0.667. The van der Waals surface area contributed by atoms with Crippen LogP contribution < -0.4 is 5.32 Å². The molecule has 1 heterocycles. The molecule has 0 saturated carbocycles. The summed E-state index contributed by atoms with van der Waals surface area (Å²) in [6.45, 7) is 11.2. The standard InChI is InChI=1S/C12H22N2S/c1-4-14(5-2)9-8-13-11(3)12-7-6-10-15-12/h6-7,10-11,13H,4-5,8-9H2,1-3H3/t11-/m0/s1. The third-order valence-electron chi connectivity index (χ3n) is 2.74. The first kappa shape index (κ1) is 12.7. The summed E-state index contributed by atoms with van der Waals surface area (Å²) in [5, 5.41) is 5.69. The topological polar surface area (TPSA) is 15.3 Å². The van der Waals surface area contributed by atoms with Gasteiger partial charge in [-0.25, -0.2) is 0 Å². The average molecular weight is 226 g/mol. The Hall–Kier alpha value is -0.380. The summed E-state index contributed by atoms with van der Waals surface area (Å²) in [7, 11) is 0. The molecule has 15 heavy (non-hydrogen) atoms. The number of rotatable bonds is 7. The third-order valence-corrected chi connectivity index (χ3v) is 3.80. The quantitative estimate of drug-likeness (QED) is 0.769. The van der Waals surface area contributed by atoms with Gasteiger partial charge in [-0.3, -0.25) is 0 Å². The highest BCUT2D eigenvalue weighted by Crippen LogP contribution is 2.17. The van der Waals surface area contributed by atoms with E-state index in [9.17, 15) is 0 Å². The van der Waals surface area contributed by atoms with E-state index in [1.807, 2.05) is 11.3 Å². The Morgan fingerprint density at radius 1 is 1.40 bits per heavy atom. The number of likely N-dealkylation sites (N-methyl/N-ethyl adjacent to an activating group) is 1. The van der Waals surface area contributed by atoms with Crippen LogP contribution in [0.2, 0.25) is 0 Å². The van der Waals surface area contributed by atoms with Crippen molar-refractivity contribution in [2.75, 3.05) is 26.2 Å². The molecule has 1 aromatic heterocycles. The first-order chi connectivity index (χ1) is 7.27. The molecule has 0 aliphatic carbocycles. The molecule has 0 spiro atoms. The second-order valence-electron chi connectivity index (χ2n) is 3.72. The summed E-state index contributed by atoms with van der Waals surface area (Å²) >= 11 is 1.83. The van der Waals surface area contributed by atoms with E-state index < -0.39 is 0 Å². The molecule has 0 radical (unpaired) electrons. The summed E-state index contributed by atoms with van der Waals surface area (Å²) in [5.41, 5.74) is 0. The summed E-state index contributed by atoms with van der Waals surface area (Å²) in [6, 6.07) is 4.79. The molecule has 1 atom stereocenters. The molecular weight excluding hydrogens is 204 g/mol. The zero-order valence-corrected chi connectivity index (χ0v) is 10.8. The molecule has 86 valence electrons. The van der Waals surface area contributed by atoms with Crippen LogP contribution in [0.15, 0.2) is 17.5 Å². The van der Waals surface area contributed by atoms with Gasteiger partial charge in [0.25, 0.3) is 0 Å². The molecule has 2 nitrogen and oxygen atoms in total. The average Bonchev–Trinajstić information content (AvgIpc) is 2.77. The Labute approximate surface area is 97.3 Å². The summed E-state index contributed by atoms with van der Waals surface area (Å²) in [5.74, 6) is 0. The van der Waals surface area contributed by atoms with E-state index in [-0.39, 0.29) is 0 Å². The molecule has 0 aliphatic rings. The zero-order valence-electron chi connectivity index (χ0n) is 9.99. The lowest BCUT2D eigenvalue weighted by Gasteiger charge is -2.19. The highest BCUT2D eigenvalue weighted by Gasteiger charge is 2.05. The molecule has 0 fully saturated rings. The minimum atomic E-state index is 0.487. The predicted molar refractivity (Wildman–Crippen MR) is 68.5 cm³/mol. The van der Waals surface area contributed by atoms with Crippen LogP contribution >= 0.6 is 11.3 Å². The van der Waals surface area contributed by atoms with Gasteiger partial charge in [0.15, 0.2) is 0 Å². The van der Waals surface area contributed by atoms with E-state index in [2.05, 4.69) is 48.5 Å². The molecule has 0 aromatic carbocycles. The molecule has 1 rings (SSSR count). The molecule has 1 aromatic rings. The first-order valence-electron chi connectivity index (χ1n) is 5.77. The number of nitrogens with one attached hydrogen (secondary N) is 1. The predicted octanol–water partition coefficient (Wildman–Crippen LogP) is 2.74. The largest absolute Gasteiger partial charge is 0.308 e. The van der Waals surface area contributed by atoms with Crippen LogP contribution in [0.4, 0.5) is 0 Å². The molecule has 0 unspecified atom stereocenters. The van der Waals surface area contributed by atoms with Crippen molar-refractivity contribution in [3.63, 3.8) is 0 Å². The number of hydrogen-bond donors (Lipinski definition) is 1. The fourth-order valence-corrected chi connectivity index (χ4v) is 2.38. The van der Waals surface area contributed by atoms with Crippen molar-refractivity contribution >= 4 is 11.3 Å². The van der Waals surface area contributed by atoms with Crippen LogP contribution in [0.25, 0.3) is 0 Å². The maximum absolute atomic E-state index is 3.55. The summed E-state index contributed by atoms with van der Waals surface area (Å²) in [6.07, 6.45) is 0. The van der Waals surface area contributed by atoms with E-state index >= 15 is 0 Å². The van der Waals surface area contributed by atoms with Gasteiger partial charge >= 0.3 is 0 Å². The van der Waals surface area contributed by atoms with E-state index in [1.54, 1.807) is 0 Å². The number of nitrogens with zero attached hydrogens (tertiary/aromatic N) is 1. The Morgan fingerprint density at radius 2 is 2.13 bits per heavy atom. The minimum Gasteiger partial charge on any atom is -0.308 e. The van der Waals surface area contributed by atoms with Crippen molar-refractivity contribution in [2.45, 2.75) is 26.8 Å². The van der Waals surface area contributed by atoms with Gasteiger partial charge in [0.1, 0.15) is 0 Å². The highest BCUT2D eigenvalue weighted by atomic mass is 32.1. The highest BCUT2D eigenvalue weighted by molar-refractivity contribution is 7.10. The van der Waals surface area contributed by atoms with Gasteiger partial charge in [-0.2, -0.15) is 0 Å². The zero-order chi connectivity index (χ0) is 11.1. The SMILES string of the molecule is CCN(CC)CCN[C@@H](C)c1cccs1. The van der Waals surface area contributed by atoms with Crippen LogP contribution in [0.5, 0.6) is 0 Å². The molecule has 1 N–H and O–H groups in total. The normalized spacial score (nSPS) is 13.3. The maximum Gasteiger partial charge on any atom is 0.0386 e. The molecule has 0 aliphatic heterocycles. The Bertz CT molecular complexity index is 242. The number of thiophene rings is 1. The second kappa shape index (κ2) is 6.99. The van der Waals surface area contributed by atoms with E-state index in [4.69, 9.17) is 0 Å². The first-order valence-corrected chi connectivity index (χ1v) is 6.65. The van der Waals surface area contributed by atoms with E-state index in [0.717, 1.165) is 26.2 Å². The van der Waals surface area contributed by atoms with Crippen LogP contribution in [-0.4, -0.2) is 31.1 Å². The monoisotopic (exact) mass is 226 g/mol. The lowest BCUT2D eigenvalue weighted by molar-refractivity contribution is 0.298. The van der Waals surface area contributed by atoms with E-state index in [0.29, 0.717) is 6.04 Å². The van der Waals surface area contributed by atoms with Crippen molar-refractivity contribution < 1.29 is 0 Å². The molecule has 0 saturated heterocycles. The lowest BCUT2D eigenvalue weighted by atomic mass is 10.3. The number of hydrogen-bond acceptors (Lipinski definition) is 3. The van der Waals surface area contributed by atoms with Gasteiger partial charge in [0, 0.05) is 24.0 Å².